The maximum Gasteiger partial charge on any atom is 0.0249 e. The van der Waals surface area contributed by atoms with Gasteiger partial charge in [0.25, 0.3) is 0 Å². The lowest BCUT2D eigenvalue weighted by Gasteiger charge is -2.05. The molecule has 2 aliphatic rings. The van der Waals surface area contributed by atoms with E-state index in [2.05, 4.69) is 62.1 Å². The predicted octanol–water partition coefficient (Wildman–Crippen LogP) is 7.97. The van der Waals surface area contributed by atoms with Crippen molar-refractivity contribution in [2.24, 2.45) is 11.8 Å². The Labute approximate surface area is 158 Å². The Bertz CT molecular complexity index is 558. The average molecular weight is 341 g/mol. The second-order valence-corrected chi connectivity index (χ2v) is 5.10. The number of benzene rings is 1. The smallest absolute Gasteiger partial charge is 0.0249 e. The summed E-state index contributed by atoms with van der Waals surface area (Å²) in [5.41, 5.74) is 5.24. The number of hydrogen-bond acceptors (Lipinski definition) is 0. The van der Waals surface area contributed by atoms with Crippen LogP contribution in [0.1, 0.15) is 79.9 Å². The Hall–Kier alpha value is -1.74. The summed E-state index contributed by atoms with van der Waals surface area (Å²) in [6, 6.07) is 8.42. The maximum absolute atomic E-state index is 3.34. The number of aryl methyl sites for hydroxylation is 1. The van der Waals surface area contributed by atoms with Gasteiger partial charge in [-0.15, -0.1) is 0 Å². The van der Waals surface area contributed by atoms with E-state index in [0.29, 0.717) is 0 Å². The van der Waals surface area contributed by atoms with Crippen LogP contribution in [-0.2, 0) is 0 Å². The van der Waals surface area contributed by atoms with Crippen molar-refractivity contribution in [2.45, 2.75) is 75.7 Å². The number of allylic oxidation sites excluding steroid dienone is 4. The molecule has 0 saturated heterocycles. The Morgan fingerprint density at radius 2 is 1.20 bits per heavy atom. The van der Waals surface area contributed by atoms with Gasteiger partial charge in [-0.1, -0.05) is 103 Å². The van der Waals surface area contributed by atoms with Crippen molar-refractivity contribution in [3.05, 3.63) is 58.7 Å². The molecule has 1 aromatic carbocycles. The van der Waals surface area contributed by atoms with Crippen molar-refractivity contribution in [3.8, 4) is 11.8 Å². The zero-order valence-corrected chi connectivity index (χ0v) is 18.3. The van der Waals surface area contributed by atoms with Gasteiger partial charge in [0, 0.05) is 11.1 Å². The van der Waals surface area contributed by atoms with Crippen molar-refractivity contribution < 1.29 is 0 Å². The first-order valence-corrected chi connectivity index (χ1v) is 10.2. The minimum atomic E-state index is 0.720. The normalized spacial score (nSPS) is 18.0. The zero-order valence-electron chi connectivity index (χ0n) is 18.3. The lowest BCUT2D eigenvalue weighted by Crippen LogP contribution is -1.93. The van der Waals surface area contributed by atoms with Gasteiger partial charge in [-0.05, 0) is 44.2 Å². The highest BCUT2D eigenvalue weighted by Crippen LogP contribution is 2.50. The lowest BCUT2D eigenvalue weighted by molar-refractivity contribution is 0.886. The predicted molar refractivity (Wildman–Crippen MR) is 117 cm³/mol. The van der Waals surface area contributed by atoms with Crippen molar-refractivity contribution in [2.75, 3.05) is 0 Å². The molecule has 1 fully saturated rings. The number of hydrogen-bond donors (Lipinski definition) is 0. The average Bonchev–Trinajstić information content (AvgIpc) is 3.51. The molecule has 140 valence electrons. The molecule has 0 spiro atoms. The highest BCUT2D eigenvalue weighted by molar-refractivity contribution is 5.48. The fourth-order valence-corrected chi connectivity index (χ4v) is 2.43. The van der Waals surface area contributed by atoms with Crippen molar-refractivity contribution in [1.82, 2.24) is 0 Å². The van der Waals surface area contributed by atoms with Gasteiger partial charge in [0.1, 0.15) is 0 Å². The first kappa shape index (κ1) is 25.5. The van der Waals surface area contributed by atoms with Crippen LogP contribution in [0.25, 0.3) is 0 Å². The van der Waals surface area contributed by atoms with E-state index in [4.69, 9.17) is 0 Å². The standard InChI is InChI=1S/C17H16.4C2H6/c1-12-3-6-14(7-4-12)8-10-15-9-5-13(2)16-11-17(15)16;4*1-2/h3-7,9,16-17H,11H2,1-2H3;4*1-2H3. The van der Waals surface area contributed by atoms with Crippen molar-refractivity contribution >= 4 is 0 Å². The van der Waals surface area contributed by atoms with Crippen molar-refractivity contribution in [1.29, 1.82) is 0 Å². The van der Waals surface area contributed by atoms with E-state index in [1.165, 1.54) is 23.1 Å². The Balaban J connectivity index is 0. The van der Waals surface area contributed by atoms with E-state index >= 15 is 0 Å². The summed E-state index contributed by atoms with van der Waals surface area (Å²) in [7, 11) is 0. The largest absolute Gasteiger partial charge is 0.0695 e. The first-order chi connectivity index (χ1) is 12.2. The van der Waals surface area contributed by atoms with Gasteiger partial charge in [-0.3, -0.25) is 0 Å². The molecule has 0 heterocycles. The Kier molecular flexibility index (Phi) is 16.1. The fourth-order valence-electron chi connectivity index (χ4n) is 2.43. The zero-order chi connectivity index (χ0) is 19.8. The van der Waals surface area contributed by atoms with Gasteiger partial charge in [0.15, 0.2) is 0 Å². The molecular weight excluding hydrogens is 300 g/mol. The highest BCUT2D eigenvalue weighted by atomic mass is 14.4. The minimum Gasteiger partial charge on any atom is -0.0695 e. The van der Waals surface area contributed by atoms with Gasteiger partial charge in [0.2, 0.25) is 0 Å². The molecule has 2 aliphatic carbocycles. The summed E-state index contributed by atoms with van der Waals surface area (Å²) in [6.07, 6.45) is 5.73. The highest BCUT2D eigenvalue weighted by Gasteiger charge is 2.41. The maximum atomic E-state index is 3.34. The van der Waals surface area contributed by atoms with Gasteiger partial charge in [0.05, 0.1) is 0 Å². The van der Waals surface area contributed by atoms with Crippen LogP contribution < -0.4 is 0 Å². The molecule has 3 rings (SSSR count). The summed E-state index contributed by atoms with van der Waals surface area (Å²) in [5.74, 6) is 8.12. The van der Waals surface area contributed by atoms with E-state index in [0.717, 1.165) is 17.4 Å². The molecule has 0 bridgehead atoms. The summed E-state index contributed by atoms with van der Waals surface area (Å²) >= 11 is 0. The summed E-state index contributed by atoms with van der Waals surface area (Å²) in [5, 5.41) is 0. The third-order valence-electron chi connectivity index (χ3n) is 3.70. The molecule has 0 radical (unpaired) electrons. The third-order valence-corrected chi connectivity index (χ3v) is 3.70. The van der Waals surface area contributed by atoms with Crippen LogP contribution in [0.4, 0.5) is 0 Å². The summed E-state index contributed by atoms with van der Waals surface area (Å²) in [4.78, 5) is 0. The molecule has 0 aromatic heterocycles. The fraction of sp³-hybridized carbons (Fsp3) is 0.520. The van der Waals surface area contributed by atoms with Crippen LogP contribution >= 0.6 is 0 Å². The summed E-state index contributed by atoms with van der Waals surface area (Å²) in [6.45, 7) is 20.3. The van der Waals surface area contributed by atoms with Crippen LogP contribution in [0.5, 0.6) is 0 Å². The van der Waals surface area contributed by atoms with Crippen LogP contribution in [0, 0.1) is 30.6 Å². The quantitative estimate of drug-likeness (QED) is 0.420. The van der Waals surface area contributed by atoms with E-state index in [1.807, 2.05) is 55.4 Å². The van der Waals surface area contributed by atoms with Gasteiger partial charge < -0.3 is 0 Å². The van der Waals surface area contributed by atoms with E-state index < -0.39 is 0 Å². The monoisotopic (exact) mass is 340 g/mol. The molecular formula is C25H40. The molecule has 25 heavy (non-hydrogen) atoms. The van der Waals surface area contributed by atoms with Crippen LogP contribution in [-0.4, -0.2) is 0 Å². The molecule has 0 nitrogen and oxygen atoms in total. The second-order valence-electron chi connectivity index (χ2n) is 5.10. The van der Waals surface area contributed by atoms with Gasteiger partial charge >= 0.3 is 0 Å². The third kappa shape index (κ3) is 8.78. The van der Waals surface area contributed by atoms with E-state index in [-0.39, 0.29) is 0 Å². The Morgan fingerprint density at radius 3 is 1.72 bits per heavy atom. The Morgan fingerprint density at radius 1 is 0.680 bits per heavy atom. The van der Waals surface area contributed by atoms with E-state index in [9.17, 15) is 0 Å². The van der Waals surface area contributed by atoms with E-state index in [1.54, 1.807) is 0 Å². The van der Waals surface area contributed by atoms with Crippen LogP contribution in [0.15, 0.2) is 47.6 Å². The van der Waals surface area contributed by atoms with Gasteiger partial charge in [-0.25, -0.2) is 0 Å². The molecule has 1 saturated carbocycles. The second kappa shape index (κ2) is 15.8. The molecule has 1 aromatic rings. The molecule has 2 unspecified atom stereocenters. The topological polar surface area (TPSA) is 0 Å². The molecule has 0 aliphatic heterocycles. The molecule has 2 atom stereocenters. The number of rotatable bonds is 0. The SMILES string of the molecule is CC.CC.CC.CC.CC1=CC=C(C#Cc2ccc(C)cc2)C2CC12. The summed E-state index contributed by atoms with van der Waals surface area (Å²) < 4.78 is 0. The lowest BCUT2D eigenvalue weighted by atomic mass is 10.00. The number of fused-ring (bicyclic) bond motifs is 1. The first-order valence-electron chi connectivity index (χ1n) is 10.2. The molecule has 0 N–H and O–H groups in total. The molecule has 0 amide bonds. The van der Waals surface area contributed by atoms with Gasteiger partial charge in [-0.2, -0.15) is 0 Å². The minimum absolute atomic E-state index is 0.720. The van der Waals surface area contributed by atoms with Crippen LogP contribution in [0.2, 0.25) is 0 Å². The van der Waals surface area contributed by atoms with Crippen molar-refractivity contribution in [3.63, 3.8) is 0 Å². The molecule has 0 heteroatoms. The van der Waals surface area contributed by atoms with Crippen LogP contribution in [0.3, 0.4) is 0 Å².